The van der Waals surface area contributed by atoms with Crippen LogP contribution in [-0.2, 0) is 0 Å². The van der Waals surface area contributed by atoms with Crippen LogP contribution in [0.3, 0.4) is 0 Å². The number of halogens is 4. The van der Waals surface area contributed by atoms with Gasteiger partial charge < -0.3 is 10.7 Å². The van der Waals surface area contributed by atoms with Gasteiger partial charge in [-0.15, -0.1) is 0 Å². The zero-order valence-corrected chi connectivity index (χ0v) is 7.41. The lowest BCUT2D eigenvalue weighted by Crippen LogP contribution is -2.28. The summed E-state index contributed by atoms with van der Waals surface area (Å²) in [5.41, 5.74) is 4.86. The topological polar surface area (TPSA) is 41.8 Å². The molecule has 1 atom stereocenters. The fourth-order valence-corrected chi connectivity index (χ4v) is 1.10. The zero-order chi connectivity index (χ0) is 9.35. The molecule has 0 fully saturated rings. The number of rotatable bonds is 1. The quantitative estimate of drug-likeness (QED) is 0.780. The third kappa shape index (κ3) is 2.01. The molecule has 1 aromatic rings. The van der Waals surface area contributed by atoms with Crippen LogP contribution in [0.5, 0.6) is 0 Å². The maximum atomic E-state index is 12.0. The first-order valence-corrected chi connectivity index (χ1v) is 3.87. The lowest BCUT2D eigenvalue weighted by Gasteiger charge is -2.13. The summed E-state index contributed by atoms with van der Waals surface area (Å²) < 4.78 is 36.4. The van der Waals surface area contributed by atoms with Gasteiger partial charge in [-0.2, -0.15) is 13.2 Å². The molecule has 3 N–H and O–H groups in total. The molecule has 0 radical (unpaired) electrons. The van der Waals surface area contributed by atoms with E-state index in [0.717, 1.165) is 0 Å². The van der Waals surface area contributed by atoms with Crippen molar-refractivity contribution >= 4 is 15.9 Å². The Kier molecular flexibility index (Phi) is 2.48. The Hall–Kier alpha value is -0.490. The normalized spacial score (nSPS) is 14.8. The van der Waals surface area contributed by atoms with Crippen molar-refractivity contribution in [1.29, 1.82) is 0 Å². The highest BCUT2D eigenvalue weighted by Gasteiger charge is 2.38. The average molecular weight is 243 g/mol. The van der Waals surface area contributed by atoms with Crippen LogP contribution in [0.15, 0.2) is 16.7 Å². The van der Waals surface area contributed by atoms with E-state index in [-0.39, 0.29) is 5.69 Å². The van der Waals surface area contributed by atoms with E-state index >= 15 is 0 Å². The molecule has 0 spiro atoms. The number of hydrogen-bond acceptors (Lipinski definition) is 1. The van der Waals surface area contributed by atoms with E-state index in [2.05, 4.69) is 20.9 Å². The molecule has 1 heterocycles. The molecule has 0 bridgehead atoms. The van der Waals surface area contributed by atoms with Gasteiger partial charge in [0.25, 0.3) is 0 Å². The fourth-order valence-electron chi connectivity index (χ4n) is 0.742. The molecule has 0 aliphatic rings. The Morgan fingerprint density at radius 3 is 2.33 bits per heavy atom. The average Bonchev–Trinajstić information content (AvgIpc) is 2.32. The smallest absolute Gasteiger partial charge is 0.352 e. The second kappa shape index (κ2) is 3.10. The molecular weight excluding hydrogens is 237 g/mol. The van der Waals surface area contributed by atoms with Gasteiger partial charge in [0.05, 0.1) is 4.60 Å². The summed E-state index contributed by atoms with van der Waals surface area (Å²) in [4.78, 5) is 2.45. The molecule has 2 nitrogen and oxygen atoms in total. The lowest BCUT2D eigenvalue weighted by atomic mass is 10.2. The summed E-state index contributed by atoms with van der Waals surface area (Å²) in [5.74, 6) is 0. The molecular formula is C6H6BrF3N2. The van der Waals surface area contributed by atoms with Gasteiger partial charge in [0.15, 0.2) is 0 Å². The summed E-state index contributed by atoms with van der Waals surface area (Å²) >= 11 is 2.99. The maximum Gasteiger partial charge on any atom is 0.409 e. The van der Waals surface area contributed by atoms with Gasteiger partial charge in [0.2, 0.25) is 0 Å². The fraction of sp³-hybridized carbons (Fsp3) is 0.333. The Morgan fingerprint density at radius 2 is 2.00 bits per heavy atom. The zero-order valence-electron chi connectivity index (χ0n) is 5.82. The van der Waals surface area contributed by atoms with Crippen molar-refractivity contribution < 1.29 is 13.2 Å². The lowest BCUT2D eigenvalue weighted by molar-refractivity contribution is -0.149. The highest BCUT2D eigenvalue weighted by Crippen LogP contribution is 2.30. The minimum atomic E-state index is -4.40. The number of alkyl halides is 3. The molecule has 0 aromatic carbocycles. The van der Waals surface area contributed by atoms with Gasteiger partial charge in [0, 0.05) is 5.69 Å². The number of aromatic nitrogens is 1. The number of nitrogens with one attached hydrogen (secondary N) is 1. The monoisotopic (exact) mass is 242 g/mol. The van der Waals surface area contributed by atoms with E-state index in [1.807, 2.05) is 0 Å². The molecule has 0 amide bonds. The molecule has 0 unspecified atom stereocenters. The summed E-state index contributed by atoms with van der Waals surface area (Å²) in [7, 11) is 0. The van der Waals surface area contributed by atoms with Crippen molar-refractivity contribution in [2.75, 3.05) is 0 Å². The predicted octanol–water partition coefficient (Wildman–Crippen LogP) is 2.34. The van der Waals surface area contributed by atoms with Crippen LogP contribution in [0.25, 0.3) is 0 Å². The first-order chi connectivity index (χ1) is 5.41. The molecule has 6 heteroatoms. The minimum absolute atomic E-state index is 0.0469. The van der Waals surface area contributed by atoms with Gasteiger partial charge in [-0.1, -0.05) is 0 Å². The molecule has 0 saturated heterocycles. The van der Waals surface area contributed by atoms with Crippen LogP contribution >= 0.6 is 15.9 Å². The van der Waals surface area contributed by atoms with Crippen molar-refractivity contribution in [3.63, 3.8) is 0 Å². The molecule has 1 aromatic heterocycles. The molecule has 0 aliphatic heterocycles. The Labute approximate surface area is 75.1 Å². The van der Waals surface area contributed by atoms with Crippen LogP contribution in [-0.4, -0.2) is 11.2 Å². The van der Waals surface area contributed by atoms with E-state index < -0.39 is 12.2 Å². The van der Waals surface area contributed by atoms with Crippen LogP contribution in [0, 0.1) is 0 Å². The van der Waals surface area contributed by atoms with Crippen LogP contribution in [0.4, 0.5) is 13.2 Å². The maximum absolute atomic E-state index is 12.0. The van der Waals surface area contributed by atoms with Gasteiger partial charge >= 0.3 is 6.18 Å². The summed E-state index contributed by atoms with van der Waals surface area (Å²) in [6.07, 6.45) is -4.40. The number of nitrogens with two attached hydrogens (primary N) is 1. The molecule has 0 saturated carbocycles. The number of aromatic amines is 1. The van der Waals surface area contributed by atoms with Gasteiger partial charge in [-0.05, 0) is 28.1 Å². The Morgan fingerprint density at radius 1 is 1.42 bits per heavy atom. The minimum Gasteiger partial charge on any atom is -0.352 e. The van der Waals surface area contributed by atoms with Crippen LogP contribution in [0.2, 0.25) is 0 Å². The largest absolute Gasteiger partial charge is 0.409 e. The van der Waals surface area contributed by atoms with Crippen LogP contribution < -0.4 is 5.73 Å². The standard InChI is InChI=1S/C6H6BrF3N2/c7-4-2-1-3(12-4)5(11)6(8,9)10/h1-2,5,12H,11H2/t5-/m1/s1. The van der Waals surface area contributed by atoms with Crippen LogP contribution in [0.1, 0.15) is 11.7 Å². The first kappa shape index (κ1) is 9.60. The number of hydrogen-bond donors (Lipinski definition) is 2. The van der Waals surface area contributed by atoms with E-state index in [0.29, 0.717) is 4.60 Å². The summed E-state index contributed by atoms with van der Waals surface area (Å²) in [5, 5.41) is 0. The van der Waals surface area contributed by atoms with E-state index in [1.54, 1.807) is 0 Å². The van der Waals surface area contributed by atoms with Crippen molar-refractivity contribution in [1.82, 2.24) is 4.98 Å². The predicted molar refractivity (Wildman–Crippen MR) is 41.5 cm³/mol. The second-order valence-corrected chi connectivity index (χ2v) is 3.14. The summed E-state index contributed by atoms with van der Waals surface area (Å²) in [6.45, 7) is 0. The first-order valence-electron chi connectivity index (χ1n) is 3.08. The summed E-state index contributed by atoms with van der Waals surface area (Å²) in [6, 6.07) is 0.826. The van der Waals surface area contributed by atoms with Crippen molar-refractivity contribution in [3.05, 3.63) is 22.4 Å². The molecule has 0 aliphatic carbocycles. The van der Waals surface area contributed by atoms with Crippen molar-refractivity contribution in [2.45, 2.75) is 12.2 Å². The second-order valence-electron chi connectivity index (χ2n) is 2.28. The SMILES string of the molecule is N[C@H](c1ccc(Br)[nH]1)C(F)(F)F. The molecule has 1 rings (SSSR count). The van der Waals surface area contributed by atoms with Crippen molar-refractivity contribution in [2.24, 2.45) is 5.73 Å². The third-order valence-corrected chi connectivity index (χ3v) is 1.82. The highest BCUT2D eigenvalue weighted by atomic mass is 79.9. The van der Waals surface area contributed by atoms with Gasteiger partial charge in [-0.25, -0.2) is 0 Å². The Bertz CT molecular complexity index is 268. The molecule has 12 heavy (non-hydrogen) atoms. The highest BCUT2D eigenvalue weighted by molar-refractivity contribution is 9.10. The molecule has 68 valence electrons. The van der Waals surface area contributed by atoms with Gasteiger partial charge in [0.1, 0.15) is 6.04 Å². The van der Waals surface area contributed by atoms with Gasteiger partial charge in [-0.3, -0.25) is 0 Å². The number of H-pyrrole nitrogens is 1. The van der Waals surface area contributed by atoms with E-state index in [4.69, 9.17) is 5.73 Å². The third-order valence-electron chi connectivity index (χ3n) is 1.36. The van der Waals surface area contributed by atoms with E-state index in [9.17, 15) is 13.2 Å². The van der Waals surface area contributed by atoms with E-state index in [1.165, 1.54) is 12.1 Å². The van der Waals surface area contributed by atoms with Crippen molar-refractivity contribution in [3.8, 4) is 0 Å². The Balaban J connectivity index is 2.85.